The fraction of sp³-hybridized carbons (Fsp3) is 0.625. The van der Waals surface area contributed by atoms with E-state index < -0.39 is 0 Å². The molecule has 0 aromatic heterocycles. The Kier molecular flexibility index (Phi) is 8.86. The van der Waals surface area contributed by atoms with Crippen LogP contribution in [0.15, 0.2) is 24.3 Å². The summed E-state index contributed by atoms with van der Waals surface area (Å²) in [5, 5.41) is 4.24. The zero-order chi connectivity index (χ0) is 14.8. The first-order chi connectivity index (χ1) is 9.67. The summed E-state index contributed by atoms with van der Waals surface area (Å²) in [6, 6.07) is 8.11. The first-order valence-corrected chi connectivity index (χ1v) is 7.48. The van der Waals surface area contributed by atoms with Gasteiger partial charge in [-0.1, -0.05) is 30.7 Å². The van der Waals surface area contributed by atoms with Gasteiger partial charge in [0.05, 0.1) is 6.61 Å². The SMILES string of the molecule is COCCNCC(Cc1ccc(Cl)cc1)C(C)COC. The van der Waals surface area contributed by atoms with Gasteiger partial charge in [0, 0.05) is 32.4 Å². The van der Waals surface area contributed by atoms with Crippen molar-refractivity contribution in [3.63, 3.8) is 0 Å². The number of benzene rings is 1. The van der Waals surface area contributed by atoms with Gasteiger partial charge in [-0.15, -0.1) is 0 Å². The Morgan fingerprint density at radius 3 is 2.45 bits per heavy atom. The molecule has 2 unspecified atom stereocenters. The third-order valence-electron chi connectivity index (χ3n) is 3.53. The van der Waals surface area contributed by atoms with E-state index in [1.807, 2.05) is 12.1 Å². The van der Waals surface area contributed by atoms with Gasteiger partial charge in [0.25, 0.3) is 0 Å². The lowest BCUT2D eigenvalue weighted by atomic mass is 9.88. The Morgan fingerprint density at radius 2 is 1.85 bits per heavy atom. The summed E-state index contributed by atoms with van der Waals surface area (Å²) in [6.07, 6.45) is 1.03. The van der Waals surface area contributed by atoms with Crippen LogP contribution in [0.3, 0.4) is 0 Å². The van der Waals surface area contributed by atoms with Crippen molar-refractivity contribution in [3.8, 4) is 0 Å². The molecule has 3 nitrogen and oxygen atoms in total. The van der Waals surface area contributed by atoms with E-state index in [1.54, 1.807) is 14.2 Å². The first kappa shape index (κ1) is 17.4. The van der Waals surface area contributed by atoms with Crippen LogP contribution in [0.1, 0.15) is 12.5 Å². The fourth-order valence-corrected chi connectivity index (χ4v) is 2.38. The fourth-order valence-electron chi connectivity index (χ4n) is 2.26. The van der Waals surface area contributed by atoms with Crippen molar-refractivity contribution >= 4 is 11.6 Å². The number of halogens is 1. The maximum Gasteiger partial charge on any atom is 0.0587 e. The van der Waals surface area contributed by atoms with E-state index in [2.05, 4.69) is 24.4 Å². The van der Waals surface area contributed by atoms with Gasteiger partial charge in [-0.25, -0.2) is 0 Å². The molecule has 0 aliphatic carbocycles. The third-order valence-corrected chi connectivity index (χ3v) is 3.79. The molecule has 0 fully saturated rings. The highest BCUT2D eigenvalue weighted by molar-refractivity contribution is 6.30. The van der Waals surface area contributed by atoms with Crippen molar-refractivity contribution in [2.75, 3.05) is 40.5 Å². The van der Waals surface area contributed by atoms with Crippen LogP contribution in [0.5, 0.6) is 0 Å². The Labute approximate surface area is 127 Å². The normalized spacial score (nSPS) is 14.2. The van der Waals surface area contributed by atoms with Crippen LogP contribution in [-0.2, 0) is 15.9 Å². The molecular weight excluding hydrogens is 274 g/mol. The summed E-state index contributed by atoms with van der Waals surface area (Å²) in [7, 11) is 3.48. The molecule has 0 saturated heterocycles. The van der Waals surface area contributed by atoms with Gasteiger partial charge in [0.2, 0.25) is 0 Å². The highest BCUT2D eigenvalue weighted by Crippen LogP contribution is 2.19. The predicted octanol–water partition coefficient (Wildman–Crippen LogP) is 3.02. The quantitative estimate of drug-likeness (QED) is 0.674. The predicted molar refractivity (Wildman–Crippen MR) is 84.4 cm³/mol. The molecule has 0 radical (unpaired) electrons. The maximum atomic E-state index is 5.93. The topological polar surface area (TPSA) is 30.5 Å². The van der Waals surface area contributed by atoms with E-state index in [0.717, 1.165) is 37.7 Å². The van der Waals surface area contributed by atoms with Crippen molar-refractivity contribution in [1.29, 1.82) is 0 Å². The van der Waals surface area contributed by atoms with Gasteiger partial charge in [-0.05, 0) is 42.5 Å². The van der Waals surface area contributed by atoms with Crippen LogP contribution >= 0.6 is 11.6 Å². The van der Waals surface area contributed by atoms with Crippen LogP contribution < -0.4 is 5.32 Å². The summed E-state index contributed by atoms with van der Waals surface area (Å²) in [5.41, 5.74) is 1.32. The van der Waals surface area contributed by atoms with Crippen LogP contribution in [0, 0.1) is 11.8 Å². The number of ether oxygens (including phenoxy) is 2. The van der Waals surface area contributed by atoms with E-state index in [-0.39, 0.29) is 0 Å². The summed E-state index contributed by atoms with van der Waals surface area (Å²) in [4.78, 5) is 0. The summed E-state index contributed by atoms with van der Waals surface area (Å²) >= 11 is 5.93. The lowest BCUT2D eigenvalue weighted by molar-refractivity contribution is 0.126. The van der Waals surface area contributed by atoms with E-state index in [4.69, 9.17) is 21.1 Å². The highest BCUT2D eigenvalue weighted by Gasteiger charge is 2.17. The molecule has 4 heteroatoms. The number of hydrogen-bond acceptors (Lipinski definition) is 3. The molecule has 1 aromatic carbocycles. The van der Waals surface area contributed by atoms with E-state index >= 15 is 0 Å². The lowest BCUT2D eigenvalue weighted by Gasteiger charge is -2.24. The van der Waals surface area contributed by atoms with Crippen LogP contribution in [0.25, 0.3) is 0 Å². The second kappa shape index (κ2) is 10.2. The Balaban J connectivity index is 2.54. The molecule has 1 rings (SSSR count). The molecule has 0 bridgehead atoms. The minimum Gasteiger partial charge on any atom is -0.384 e. The Morgan fingerprint density at radius 1 is 1.15 bits per heavy atom. The molecule has 114 valence electrons. The van der Waals surface area contributed by atoms with Crippen molar-refractivity contribution in [1.82, 2.24) is 5.32 Å². The molecular formula is C16H26ClNO2. The van der Waals surface area contributed by atoms with Crippen molar-refractivity contribution in [3.05, 3.63) is 34.9 Å². The highest BCUT2D eigenvalue weighted by atomic mass is 35.5. The molecule has 0 heterocycles. The first-order valence-electron chi connectivity index (χ1n) is 7.10. The van der Waals surface area contributed by atoms with E-state index in [9.17, 15) is 0 Å². The third kappa shape index (κ3) is 6.71. The number of nitrogens with one attached hydrogen (secondary N) is 1. The summed E-state index contributed by atoms with van der Waals surface area (Å²) < 4.78 is 10.4. The lowest BCUT2D eigenvalue weighted by Crippen LogP contribution is -2.32. The monoisotopic (exact) mass is 299 g/mol. The zero-order valence-corrected chi connectivity index (χ0v) is 13.5. The Hall–Kier alpha value is -0.610. The second-order valence-corrected chi connectivity index (χ2v) is 5.66. The molecule has 2 atom stereocenters. The van der Waals surface area contributed by atoms with E-state index in [0.29, 0.717) is 11.8 Å². The molecule has 0 aliphatic rings. The zero-order valence-electron chi connectivity index (χ0n) is 12.7. The average molecular weight is 300 g/mol. The van der Waals surface area contributed by atoms with E-state index in [1.165, 1.54) is 5.56 Å². The van der Waals surface area contributed by atoms with Crippen LogP contribution in [0.4, 0.5) is 0 Å². The maximum absolute atomic E-state index is 5.93. The van der Waals surface area contributed by atoms with Crippen LogP contribution in [-0.4, -0.2) is 40.5 Å². The molecule has 0 amide bonds. The number of methoxy groups -OCH3 is 2. The number of rotatable bonds is 10. The van der Waals surface area contributed by atoms with Gasteiger partial charge >= 0.3 is 0 Å². The standard InChI is InChI=1S/C16H26ClNO2/c1-13(12-20-3)15(11-18-8-9-19-2)10-14-4-6-16(17)7-5-14/h4-7,13,15,18H,8-12H2,1-3H3. The molecule has 0 saturated carbocycles. The molecule has 20 heavy (non-hydrogen) atoms. The van der Waals surface area contributed by atoms with Gasteiger partial charge in [-0.3, -0.25) is 0 Å². The van der Waals surface area contributed by atoms with Crippen molar-refractivity contribution in [2.45, 2.75) is 13.3 Å². The Bertz CT molecular complexity index is 356. The molecule has 1 N–H and O–H groups in total. The average Bonchev–Trinajstić information content (AvgIpc) is 2.44. The molecule has 1 aromatic rings. The van der Waals surface area contributed by atoms with Crippen molar-refractivity contribution < 1.29 is 9.47 Å². The van der Waals surface area contributed by atoms with Gasteiger partial charge in [0.1, 0.15) is 0 Å². The largest absolute Gasteiger partial charge is 0.384 e. The number of hydrogen-bond donors (Lipinski definition) is 1. The summed E-state index contributed by atoms with van der Waals surface area (Å²) in [5.74, 6) is 1.04. The smallest absolute Gasteiger partial charge is 0.0587 e. The van der Waals surface area contributed by atoms with Gasteiger partial charge in [0.15, 0.2) is 0 Å². The van der Waals surface area contributed by atoms with Gasteiger partial charge < -0.3 is 14.8 Å². The second-order valence-electron chi connectivity index (χ2n) is 5.22. The van der Waals surface area contributed by atoms with Crippen LogP contribution in [0.2, 0.25) is 5.02 Å². The van der Waals surface area contributed by atoms with Crippen molar-refractivity contribution in [2.24, 2.45) is 11.8 Å². The summed E-state index contributed by atoms with van der Waals surface area (Å²) in [6.45, 7) is 5.61. The van der Waals surface area contributed by atoms with Gasteiger partial charge in [-0.2, -0.15) is 0 Å². The molecule has 0 spiro atoms. The minimum atomic E-state index is 0.505. The molecule has 0 aliphatic heterocycles. The minimum absolute atomic E-state index is 0.505.